The Kier molecular flexibility index (Phi) is 4.77. The molecule has 0 aromatic heterocycles. The molecule has 19 heavy (non-hydrogen) atoms. The lowest BCUT2D eigenvalue weighted by molar-refractivity contribution is 0.0852. The normalized spacial score (nSPS) is 22.0. The summed E-state index contributed by atoms with van der Waals surface area (Å²) >= 11 is 8.15. The van der Waals surface area contributed by atoms with E-state index in [1.165, 1.54) is 19.3 Å². The van der Waals surface area contributed by atoms with E-state index in [9.17, 15) is 4.79 Å². The van der Waals surface area contributed by atoms with Crippen molar-refractivity contribution in [2.45, 2.75) is 45.6 Å². The number of hydrogen-bond acceptors (Lipinski definition) is 1. The minimum atomic E-state index is -0.00752. The zero-order valence-electron chi connectivity index (χ0n) is 11.3. The summed E-state index contributed by atoms with van der Waals surface area (Å²) in [5.74, 6) is -0.00752. The number of amides is 1. The van der Waals surface area contributed by atoms with Gasteiger partial charge in [0.15, 0.2) is 0 Å². The van der Waals surface area contributed by atoms with Crippen molar-refractivity contribution in [1.82, 2.24) is 5.32 Å². The lowest BCUT2D eigenvalue weighted by Gasteiger charge is -2.39. The maximum atomic E-state index is 12.4. The fourth-order valence-corrected chi connectivity index (χ4v) is 3.42. The molecule has 2 rings (SSSR count). The highest BCUT2D eigenvalue weighted by Crippen LogP contribution is 2.35. The van der Waals surface area contributed by atoms with Gasteiger partial charge in [0.05, 0.1) is 5.56 Å². The first-order valence-corrected chi connectivity index (χ1v) is 8.12. The molecule has 1 N–H and O–H groups in total. The molecule has 1 saturated carbocycles. The number of nitrogens with one attached hydrogen (secondary N) is 1. The Labute approximate surface area is 133 Å². The summed E-state index contributed by atoms with van der Waals surface area (Å²) in [7, 11) is 0. The van der Waals surface area contributed by atoms with Gasteiger partial charge < -0.3 is 5.32 Å². The average molecular weight is 392 g/mol. The van der Waals surface area contributed by atoms with E-state index in [2.05, 4.69) is 41.8 Å². The second-order valence-corrected chi connectivity index (χ2v) is 7.48. The zero-order valence-corrected chi connectivity index (χ0v) is 14.2. The molecular weight excluding hydrogens is 373 g/mol. The van der Waals surface area contributed by atoms with Crippen LogP contribution in [0.25, 0.3) is 0 Å². The lowest BCUT2D eigenvalue weighted by atomic mass is 9.73. The fourth-order valence-electron chi connectivity index (χ4n) is 2.67. The lowest BCUT2D eigenvalue weighted by Crippen LogP contribution is -2.47. The number of carbonyl (C=O) groups excluding carboxylic acids is 1. The molecule has 0 bridgehead atoms. The van der Waals surface area contributed by atoms with Crippen molar-refractivity contribution in [3.05, 3.63) is 32.4 Å². The molecule has 104 valence electrons. The summed E-state index contributed by atoms with van der Waals surface area (Å²) in [6.07, 6.45) is 4.69. The first-order valence-electron chi connectivity index (χ1n) is 6.66. The van der Waals surface area contributed by atoms with Crippen molar-refractivity contribution < 1.29 is 4.79 Å². The summed E-state index contributed by atoms with van der Waals surface area (Å²) in [6, 6.07) is 5.69. The van der Waals surface area contributed by atoms with E-state index >= 15 is 0 Å². The van der Waals surface area contributed by atoms with Gasteiger partial charge in [-0.1, -0.05) is 38.3 Å². The molecule has 1 aliphatic carbocycles. The van der Waals surface area contributed by atoms with Crippen molar-refractivity contribution in [3.8, 4) is 0 Å². The standard InChI is InChI=1S/C15H19ClINO/c1-15(2)8-4-3-5-13(15)18-14(19)11-9-10(16)6-7-12(11)17/h6-7,9,13H,3-5,8H2,1-2H3,(H,18,19). The Morgan fingerprint density at radius 3 is 2.84 bits per heavy atom. The molecule has 1 amide bonds. The Morgan fingerprint density at radius 1 is 1.42 bits per heavy atom. The molecule has 0 saturated heterocycles. The summed E-state index contributed by atoms with van der Waals surface area (Å²) in [5, 5.41) is 3.80. The zero-order chi connectivity index (χ0) is 14.0. The molecule has 0 aliphatic heterocycles. The Bertz CT molecular complexity index is 487. The van der Waals surface area contributed by atoms with Crippen molar-refractivity contribution >= 4 is 40.1 Å². The minimum absolute atomic E-state index is 0.00752. The monoisotopic (exact) mass is 391 g/mol. The van der Waals surface area contributed by atoms with Crippen LogP contribution in [-0.2, 0) is 0 Å². The third kappa shape index (κ3) is 3.63. The van der Waals surface area contributed by atoms with Gasteiger partial charge in [-0.3, -0.25) is 4.79 Å². The predicted molar refractivity (Wildman–Crippen MR) is 87.7 cm³/mol. The van der Waals surface area contributed by atoms with Crippen LogP contribution in [0.2, 0.25) is 5.02 Å². The van der Waals surface area contributed by atoms with E-state index in [1.807, 2.05) is 12.1 Å². The van der Waals surface area contributed by atoms with Crippen molar-refractivity contribution in [2.75, 3.05) is 0 Å². The maximum Gasteiger partial charge on any atom is 0.252 e. The molecule has 1 aromatic rings. The van der Waals surface area contributed by atoms with Gasteiger partial charge in [-0.25, -0.2) is 0 Å². The smallest absolute Gasteiger partial charge is 0.252 e. The molecule has 1 aromatic carbocycles. The van der Waals surface area contributed by atoms with E-state index in [1.54, 1.807) is 6.07 Å². The second kappa shape index (κ2) is 6.00. The van der Waals surface area contributed by atoms with Gasteiger partial charge in [0.25, 0.3) is 5.91 Å². The van der Waals surface area contributed by atoms with E-state index in [-0.39, 0.29) is 17.4 Å². The van der Waals surface area contributed by atoms with Gasteiger partial charge in [0.1, 0.15) is 0 Å². The number of carbonyl (C=O) groups is 1. The van der Waals surface area contributed by atoms with Gasteiger partial charge in [-0.15, -0.1) is 0 Å². The fraction of sp³-hybridized carbons (Fsp3) is 0.533. The number of halogens is 2. The molecule has 1 atom stereocenters. The third-order valence-corrected chi connectivity index (χ3v) is 5.16. The molecule has 0 heterocycles. The predicted octanol–water partition coefficient (Wildman–Crippen LogP) is 4.64. The molecular formula is C15H19ClINO. The van der Waals surface area contributed by atoms with Gasteiger partial charge in [0, 0.05) is 14.6 Å². The van der Waals surface area contributed by atoms with Crippen molar-refractivity contribution in [2.24, 2.45) is 5.41 Å². The Hall–Kier alpha value is -0.290. The maximum absolute atomic E-state index is 12.4. The highest BCUT2D eigenvalue weighted by molar-refractivity contribution is 14.1. The SMILES string of the molecule is CC1(C)CCCCC1NC(=O)c1cc(Cl)ccc1I. The topological polar surface area (TPSA) is 29.1 Å². The minimum Gasteiger partial charge on any atom is -0.349 e. The summed E-state index contributed by atoms with van der Waals surface area (Å²) in [5.41, 5.74) is 0.854. The van der Waals surface area contributed by atoms with Crippen LogP contribution in [0.1, 0.15) is 49.9 Å². The molecule has 1 aliphatic rings. The molecule has 1 fully saturated rings. The molecule has 0 spiro atoms. The largest absolute Gasteiger partial charge is 0.349 e. The van der Waals surface area contributed by atoms with Crippen LogP contribution in [0.15, 0.2) is 18.2 Å². The van der Waals surface area contributed by atoms with Gasteiger partial charge in [-0.2, -0.15) is 0 Å². The van der Waals surface area contributed by atoms with Crippen LogP contribution in [0, 0.1) is 8.99 Å². The van der Waals surface area contributed by atoms with Crippen LogP contribution in [0.4, 0.5) is 0 Å². The van der Waals surface area contributed by atoms with Gasteiger partial charge >= 0.3 is 0 Å². The Balaban J connectivity index is 2.14. The van der Waals surface area contributed by atoms with Crippen molar-refractivity contribution in [1.29, 1.82) is 0 Å². The number of benzene rings is 1. The van der Waals surface area contributed by atoms with E-state index < -0.39 is 0 Å². The van der Waals surface area contributed by atoms with Crippen LogP contribution < -0.4 is 5.32 Å². The van der Waals surface area contributed by atoms with E-state index in [0.717, 1.165) is 9.99 Å². The number of hydrogen-bond donors (Lipinski definition) is 1. The first-order chi connectivity index (χ1) is 8.90. The third-order valence-electron chi connectivity index (χ3n) is 3.99. The highest BCUT2D eigenvalue weighted by atomic mass is 127. The molecule has 0 radical (unpaired) electrons. The van der Waals surface area contributed by atoms with Crippen molar-refractivity contribution in [3.63, 3.8) is 0 Å². The van der Waals surface area contributed by atoms with Crippen LogP contribution in [0.3, 0.4) is 0 Å². The average Bonchev–Trinajstić information content (AvgIpc) is 2.34. The van der Waals surface area contributed by atoms with E-state index in [0.29, 0.717) is 10.6 Å². The first kappa shape index (κ1) is 15.1. The Morgan fingerprint density at radius 2 is 2.16 bits per heavy atom. The molecule has 4 heteroatoms. The van der Waals surface area contributed by atoms with E-state index in [4.69, 9.17) is 11.6 Å². The molecule has 2 nitrogen and oxygen atoms in total. The van der Waals surface area contributed by atoms with Crippen LogP contribution >= 0.6 is 34.2 Å². The summed E-state index contributed by atoms with van der Waals surface area (Å²) in [4.78, 5) is 12.4. The summed E-state index contributed by atoms with van der Waals surface area (Å²) in [6.45, 7) is 4.47. The van der Waals surface area contributed by atoms with Crippen LogP contribution in [0.5, 0.6) is 0 Å². The molecule has 1 unspecified atom stereocenters. The quantitative estimate of drug-likeness (QED) is 0.731. The van der Waals surface area contributed by atoms with Crippen LogP contribution in [-0.4, -0.2) is 11.9 Å². The second-order valence-electron chi connectivity index (χ2n) is 5.88. The van der Waals surface area contributed by atoms with Gasteiger partial charge in [-0.05, 0) is 59.0 Å². The number of rotatable bonds is 2. The van der Waals surface area contributed by atoms with Gasteiger partial charge in [0.2, 0.25) is 0 Å². The summed E-state index contributed by atoms with van der Waals surface area (Å²) < 4.78 is 0.938. The highest BCUT2D eigenvalue weighted by Gasteiger charge is 2.33.